The predicted molar refractivity (Wildman–Crippen MR) is 61.3 cm³/mol. The fourth-order valence-corrected chi connectivity index (χ4v) is 1.58. The number of benzene rings is 1. The number of hydrogen-bond acceptors (Lipinski definition) is 3. The van der Waals surface area contributed by atoms with Gasteiger partial charge in [0, 0.05) is 11.4 Å². The Bertz CT molecular complexity index is 424. The summed E-state index contributed by atoms with van der Waals surface area (Å²) in [6.45, 7) is 2.08. The number of carbonyl (C=O) groups excluding carboxylic acids is 1. The zero-order valence-corrected chi connectivity index (χ0v) is 9.75. The van der Waals surface area contributed by atoms with Crippen molar-refractivity contribution in [2.75, 3.05) is 6.61 Å². The van der Waals surface area contributed by atoms with Crippen LogP contribution in [0.3, 0.4) is 0 Å². The van der Waals surface area contributed by atoms with Gasteiger partial charge in [-0.3, -0.25) is 0 Å². The summed E-state index contributed by atoms with van der Waals surface area (Å²) < 4.78 is 4.88. The number of halogens is 1. The van der Waals surface area contributed by atoms with Crippen LogP contribution in [0.25, 0.3) is 0 Å². The smallest absolute Gasteiger partial charge is 0.338 e. The van der Waals surface area contributed by atoms with Gasteiger partial charge in [0.2, 0.25) is 0 Å². The van der Waals surface area contributed by atoms with Crippen LogP contribution in [0.2, 0.25) is 5.02 Å². The molecule has 0 unspecified atom stereocenters. The Labute approximate surface area is 99.6 Å². The normalized spacial score (nSPS) is 9.56. The van der Waals surface area contributed by atoms with Crippen molar-refractivity contribution in [1.29, 1.82) is 5.26 Å². The van der Waals surface area contributed by atoms with E-state index in [0.29, 0.717) is 30.0 Å². The van der Waals surface area contributed by atoms with E-state index in [-0.39, 0.29) is 5.97 Å². The monoisotopic (exact) mass is 237 g/mol. The van der Waals surface area contributed by atoms with Crippen molar-refractivity contribution < 1.29 is 9.53 Å². The molecule has 1 aromatic rings. The van der Waals surface area contributed by atoms with Crippen molar-refractivity contribution in [3.05, 3.63) is 34.3 Å². The molecule has 0 spiro atoms. The summed E-state index contributed by atoms with van der Waals surface area (Å²) in [4.78, 5) is 11.5. The quantitative estimate of drug-likeness (QED) is 0.757. The van der Waals surface area contributed by atoms with Gasteiger partial charge in [-0.25, -0.2) is 4.79 Å². The Morgan fingerprint density at radius 2 is 2.25 bits per heavy atom. The van der Waals surface area contributed by atoms with Crippen molar-refractivity contribution in [1.82, 2.24) is 0 Å². The Morgan fingerprint density at radius 1 is 1.50 bits per heavy atom. The molecule has 0 aliphatic carbocycles. The molecule has 1 aromatic carbocycles. The van der Waals surface area contributed by atoms with E-state index in [9.17, 15) is 4.79 Å². The maximum Gasteiger partial charge on any atom is 0.338 e. The van der Waals surface area contributed by atoms with Gasteiger partial charge in [-0.15, -0.1) is 0 Å². The van der Waals surface area contributed by atoms with E-state index >= 15 is 0 Å². The van der Waals surface area contributed by atoms with Crippen LogP contribution in [0.1, 0.15) is 29.3 Å². The lowest BCUT2D eigenvalue weighted by Crippen LogP contribution is -2.05. The van der Waals surface area contributed by atoms with Crippen LogP contribution < -0.4 is 0 Å². The first kappa shape index (κ1) is 12.5. The highest BCUT2D eigenvalue weighted by Gasteiger charge is 2.08. The first-order chi connectivity index (χ1) is 7.67. The molecule has 16 heavy (non-hydrogen) atoms. The predicted octanol–water partition coefficient (Wildman–Crippen LogP) is 2.97. The van der Waals surface area contributed by atoms with Crippen molar-refractivity contribution in [3.8, 4) is 6.07 Å². The summed E-state index contributed by atoms with van der Waals surface area (Å²) in [5.41, 5.74) is 1.30. The number of aryl methyl sites for hydroxylation is 1. The first-order valence-electron chi connectivity index (χ1n) is 5.01. The maximum atomic E-state index is 11.5. The molecule has 0 heterocycles. The van der Waals surface area contributed by atoms with E-state index in [1.54, 1.807) is 25.1 Å². The Morgan fingerprint density at radius 3 is 2.88 bits per heavy atom. The number of carbonyl (C=O) groups is 1. The topological polar surface area (TPSA) is 50.1 Å². The summed E-state index contributed by atoms with van der Waals surface area (Å²) in [5.74, 6) is -0.386. The molecule has 0 saturated carbocycles. The minimum absolute atomic E-state index is 0.332. The molecule has 3 nitrogen and oxygen atoms in total. The molecule has 0 bridgehead atoms. The summed E-state index contributed by atoms with van der Waals surface area (Å²) >= 11 is 5.88. The van der Waals surface area contributed by atoms with Gasteiger partial charge in [-0.1, -0.05) is 11.6 Å². The van der Waals surface area contributed by atoms with Gasteiger partial charge >= 0.3 is 5.97 Å². The number of nitrogens with zero attached hydrogens (tertiary/aromatic N) is 1. The number of esters is 1. The highest BCUT2D eigenvalue weighted by atomic mass is 35.5. The molecule has 0 radical (unpaired) electrons. The number of ether oxygens (including phenoxy) is 1. The Hall–Kier alpha value is -1.53. The SMILES string of the molecule is CCOC(=O)c1cc(Cl)cc(CCC#N)c1. The Kier molecular flexibility index (Phi) is 4.81. The number of nitriles is 1. The standard InChI is InChI=1S/C12H12ClNO2/c1-2-16-12(15)10-6-9(4-3-5-14)7-11(13)8-10/h6-8H,2-4H2,1H3. The molecule has 0 atom stereocenters. The van der Waals surface area contributed by atoms with E-state index in [0.717, 1.165) is 5.56 Å². The van der Waals surface area contributed by atoms with Crippen LogP contribution >= 0.6 is 11.6 Å². The minimum atomic E-state index is -0.386. The van der Waals surface area contributed by atoms with Crippen molar-refractivity contribution >= 4 is 17.6 Å². The largest absolute Gasteiger partial charge is 0.462 e. The molecule has 0 saturated heterocycles. The second-order valence-electron chi connectivity index (χ2n) is 3.23. The van der Waals surface area contributed by atoms with Gasteiger partial charge < -0.3 is 4.74 Å². The maximum absolute atomic E-state index is 11.5. The summed E-state index contributed by atoms with van der Waals surface area (Å²) in [5, 5.41) is 8.97. The lowest BCUT2D eigenvalue weighted by Gasteiger charge is -2.05. The molecule has 0 aliphatic heterocycles. The zero-order chi connectivity index (χ0) is 12.0. The summed E-state index contributed by atoms with van der Waals surface area (Å²) in [6, 6.07) is 7.08. The lowest BCUT2D eigenvalue weighted by atomic mass is 10.1. The zero-order valence-electron chi connectivity index (χ0n) is 9.00. The second kappa shape index (κ2) is 6.14. The van der Waals surface area contributed by atoms with Gasteiger partial charge in [-0.05, 0) is 37.1 Å². The fourth-order valence-electron chi connectivity index (χ4n) is 1.33. The van der Waals surface area contributed by atoms with E-state index in [2.05, 4.69) is 6.07 Å². The van der Waals surface area contributed by atoms with Gasteiger partial charge in [0.1, 0.15) is 0 Å². The molecule has 0 aromatic heterocycles. The third kappa shape index (κ3) is 3.56. The van der Waals surface area contributed by atoms with Crippen LogP contribution in [0.15, 0.2) is 18.2 Å². The third-order valence-electron chi connectivity index (χ3n) is 1.99. The molecule has 0 aliphatic rings. The summed E-state index contributed by atoms with van der Waals surface area (Å²) in [7, 11) is 0. The molecule has 4 heteroatoms. The molecular weight excluding hydrogens is 226 g/mol. The first-order valence-corrected chi connectivity index (χ1v) is 5.38. The van der Waals surface area contributed by atoms with Crippen LogP contribution in [0.5, 0.6) is 0 Å². The van der Waals surface area contributed by atoms with Crippen molar-refractivity contribution in [2.45, 2.75) is 19.8 Å². The average molecular weight is 238 g/mol. The highest BCUT2D eigenvalue weighted by molar-refractivity contribution is 6.31. The molecule has 0 fully saturated rings. The van der Waals surface area contributed by atoms with Gasteiger partial charge in [0.15, 0.2) is 0 Å². The van der Waals surface area contributed by atoms with Crippen molar-refractivity contribution in [2.24, 2.45) is 0 Å². The van der Waals surface area contributed by atoms with Crippen LogP contribution in [0, 0.1) is 11.3 Å². The highest BCUT2D eigenvalue weighted by Crippen LogP contribution is 2.17. The van der Waals surface area contributed by atoms with Gasteiger partial charge in [0.05, 0.1) is 18.2 Å². The molecular formula is C12H12ClNO2. The van der Waals surface area contributed by atoms with Crippen LogP contribution in [0.4, 0.5) is 0 Å². The van der Waals surface area contributed by atoms with Crippen molar-refractivity contribution in [3.63, 3.8) is 0 Å². The van der Waals surface area contributed by atoms with Crippen LogP contribution in [-0.4, -0.2) is 12.6 Å². The molecule has 84 valence electrons. The molecule has 0 N–H and O–H groups in total. The second-order valence-corrected chi connectivity index (χ2v) is 3.66. The van der Waals surface area contributed by atoms with E-state index in [4.69, 9.17) is 21.6 Å². The fraction of sp³-hybridized carbons (Fsp3) is 0.333. The number of rotatable bonds is 4. The molecule has 0 amide bonds. The van der Waals surface area contributed by atoms with E-state index < -0.39 is 0 Å². The average Bonchev–Trinajstić information content (AvgIpc) is 2.26. The van der Waals surface area contributed by atoms with Gasteiger partial charge in [0.25, 0.3) is 0 Å². The van der Waals surface area contributed by atoms with Gasteiger partial charge in [-0.2, -0.15) is 5.26 Å². The summed E-state index contributed by atoms with van der Waals surface area (Å²) in [6.07, 6.45) is 0.992. The third-order valence-corrected chi connectivity index (χ3v) is 2.21. The molecule has 1 rings (SSSR count). The lowest BCUT2D eigenvalue weighted by molar-refractivity contribution is 0.0526. The Balaban J connectivity index is 2.90. The van der Waals surface area contributed by atoms with E-state index in [1.807, 2.05) is 0 Å². The number of hydrogen-bond donors (Lipinski definition) is 0. The minimum Gasteiger partial charge on any atom is -0.462 e. The van der Waals surface area contributed by atoms with E-state index in [1.165, 1.54) is 0 Å². The van der Waals surface area contributed by atoms with Crippen LogP contribution in [-0.2, 0) is 11.2 Å².